The molecule has 2 amide bonds. The molecule has 0 spiro atoms. The molecular weight excluding hydrogens is 332 g/mol. The van der Waals surface area contributed by atoms with Gasteiger partial charge in [0.1, 0.15) is 0 Å². The van der Waals surface area contributed by atoms with Crippen molar-refractivity contribution in [3.8, 4) is 0 Å². The zero-order chi connectivity index (χ0) is 18.4. The maximum absolute atomic E-state index is 12.2. The van der Waals surface area contributed by atoms with Crippen LogP contribution in [-0.2, 0) is 14.3 Å². The lowest BCUT2D eigenvalue weighted by Crippen LogP contribution is -3.11. The second kappa shape index (κ2) is 9.00. The highest BCUT2D eigenvalue weighted by Crippen LogP contribution is 2.21. The van der Waals surface area contributed by atoms with Gasteiger partial charge in [-0.1, -0.05) is 0 Å². The fourth-order valence-corrected chi connectivity index (χ4v) is 3.46. The summed E-state index contributed by atoms with van der Waals surface area (Å²) in [5, 5.41) is 2.92. The van der Waals surface area contributed by atoms with Crippen LogP contribution in [0.2, 0.25) is 0 Å². The largest absolute Gasteiger partial charge is 0.378 e. The van der Waals surface area contributed by atoms with E-state index in [1.54, 1.807) is 0 Å². The third-order valence-electron chi connectivity index (χ3n) is 4.90. The van der Waals surface area contributed by atoms with Gasteiger partial charge in [0.2, 0.25) is 0 Å². The van der Waals surface area contributed by atoms with Crippen LogP contribution in [0.1, 0.15) is 12.8 Å². The molecule has 3 rings (SSSR count). The number of amides is 2. The Bertz CT molecular complexity index is 608. The van der Waals surface area contributed by atoms with E-state index in [9.17, 15) is 9.59 Å². The van der Waals surface area contributed by atoms with E-state index >= 15 is 0 Å². The van der Waals surface area contributed by atoms with Crippen molar-refractivity contribution in [1.29, 1.82) is 0 Å². The van der Waals surface area contributed by atoms with Gasteiger partial charge in [-0.25, -0.2) is 0 Å². The molecule has 2 aliphatic rings. The Morgan fingerprint density at radius 1 is 1.04 bits per heavy atom. The molecule has 142 valence electrons. The Balaban J connectivity index is 1.43. The van der Waals surface area contributed by atoms with E-state index in [0.29, 0.717) is 32.8 Å². The van der Waals surface area contributed by atoms with E-state index in [2.05, 4.69) is 22.3 Å². The number of hydrogen-bond acceptors (Lipinski definition) is 4. The van der Waals surface area contributed by atoms with Crippen LogP contribution in [0.3, 0.4) is 0 Å². The molecule has 7 nitrogen and oxygen atoms in total. The van der Waals surface area contributed by atoms with Crippen molar-refractivity contribution in [2.45, 2.75) is 12.8 Å². The molecule has 7 heteroatoms. The lowest BCUT2D eigenvalue weighted by molar-refractivity contribution is -0.862. The standard InChI is InChI=1S/C19H28N4O3/c1-21(15-19(25)23-10-12-26-13-11-23)14-18(24)20-16-4-6-17(7-5-16)22-8-2-3-9-22/h4-7H,2-3,8-15H2,1H3,(H,20,24)/p+1. The topological polar surface area (TPSA) is 66.3 Å². The number of ether oxygens (including phenoxy) is 1. The van der Waals surface area contributed by atoms with Gasteiger partial charge in [0.05, 0.1) is 20.3 Å². The van der Waals surface area contributed by atoms with Crippen molar-refractivity contribution in [2.24, 2.45) is 0 Å². The summed E-state index contributed by atoms with van der Waals surface area (Å²) in [5.74, 6) is -0.000217. The number of nitrogens with one attached hydrogen (secondary N) is 2. The van der Waals surface area contributed by atoms with Crippen molar-refractivity contribution in [1.82, 2.24) is 4.90 Å². The van der Waals surface area contributed by atoms with E-state index in [1.807, 2.05) is 24.1 Å². The predicted octanol–water partition coefficient (Wildman–Crippen LogP) is -0.401. The zero-order valence-corrected chi connectivity index (χ0v) is 15.5. The Kier molecular flexibility index (Phi) is 6.46. The van der Waals surface area contributed by atoms with E-state index in [-0.39, 0.29) is 18.4 Å². The quantitative estimate of drug-likeness (QED) is 0.724. The van der Waals surface area contributed by atoms with Crippen LogP contribution in [-0.4, -0.2) is 76.2 Å². The minimum Gasteiger partial charge on any atom is -0.378 e. The molecule has 0 radical (unpaired) electrons. The van der Waals surface area contributed by atoms with Crippen molar-refractivity contribution in [2.75, 3.05) is 69.7 Å². The van der Waals surface area contributed by atoms with Crippen molar-refractivity contribution >= 4 is 23.2 Å². The zero-order valence-electron chi connectivity index (χ0n) is 15.5. The number of rotatable bonds is 6. The van der Waals surface area contributed by atoms with Crippen LogP contribution in [0.5, 0.6) is 0 Å². The summed E-state index contributed by atoms with van der Waals surface area (Å²) < 4.78 is 5.26. The van der Waals surface area contributed by atoms with Gasteiger partial charge in [-0.05, 0) is 37.1 Å². The fraction of sp³-hybridized carbons (Fsp3) is 0.579. The summed E-state index contributed by atoms with van der Waals surface area (Å²) in [4.78, 5) is 29.5. The highest BCUT2D eigenvalue weighted by molar-refractivity contribution is 5.91. The van der Waals surface area contributed by atoms with Gasteiger partial charge < -0.3 is 24.8 Å². The number of quaternary nitrogens is 1. The molecule has 0 aromatic heterocycles. The number of carbonyl (C=O) groups excluding carboxylic acids is 2. The maximum Gasteiger partial charge on any atom is 0.279 e. The molecule has 2 saturated heterocycles. The molecular formula is C19H29N4O3+. The minimum absolute atomic E-state index is 0.0774. The molecule has 0 aliphatic carbocycles. The molecule has 2 heterocycles. The fourth-order valence-electron chi connectivity index (χ4n) is 3.46. The monoisotopic (exact) mass is 361 g/mol. The van der Waals surface area contributed by atoms with E-state index in [1.165, 1.54) is 18.5 Å². The summed E-state index contributed by atoms with van der Waals surface area (Å²) in [7, 11) is 1.87. The van der Waals surface area contributed by atoms with E-state index < -0.39 is 0 Å². The molecule has 2 N–H and O–H groups in total. The summed E-state index contributed by atoms with van der Waals surface area (Å²) in [6, 6.07) is 8.00. The second-order valence-electron chi connectivity index (χ2n) is 7.09. The molecule has 1 aromatic rings. The van der Waals surface area contributed by atoms with Gasteiger partial charge in [0.25, 0.3) is 11.8 Å². The average Bonchev–Trinajstić information content (AvgIpc) is 3.17. The molecule has 2 aliphatic heterocycles. The van der Waals surface area contributed by atoms with Crippen LogP contribution in [0.25, 0.3) is 0 Å². The molecule has 2 fully saturated rings. The molecule has 26 heavy (non-hydrogen) atoms. The van der Waals surface area contributed by atoms with Crippen LogP contribution in [0.4, 0.5) is 11.4 Å². The first-order valence-electron chi connectivity index (χ1n) is 9.43. The lowest BCUT2D eigenvalue weighted by Gasteiger charge is -2.27. The number of benzene rings is 1. The molecule has 0 bridgehead atoms. The molecule has 1 aromatic carbocycles. The Hall–Kier alpha value is -2.12. The number of likely N-dealkylation sites (N-methyl/N-ethyl adjacent to an activating group) is 1. The highest BCUT2D eigenvalue weighted by Gasteiger charge is 2.21. The van der Waals surface area contributed by atoms with Crippen molar-refractivity contribution in [3.63, 3.8) is 0 Å². The Morgan fingerprint density at radius 3 is 2.35 bits per heavy atom. The van der Waals surface area contributed by atoms with Gasteiger partial charge >= 0.3 is 0 Å². The third-order valence-corrected chi connectivity index (χ3v) is 4.90. The third kappa shape index (κ3) is 5.19. The normalized spacial score (nSPS) is 18.7. The van der Waals surface area contributed by atoms with Gasteiger partial charge in [-0.2, -0.15) is 0 Å². The first-order valence-corrected chi connectivity index (χ1v) is 9.43. The summed E-state index contributed by atoms with van der Waals surface area (Å²) in [5.41, 5.74) is 2.00. The Morgan fingerprint density at radius 2 is 1.69 bits per heavy atom. The average molecular weight is 361 g/mol. The molecule has 1 unspecified atom stereocenters. The maximum atomic E-state index is 12.2. The lowest BCUT2D eigenvalue weighted by atomic mass is 10.2. The SMILES string of the molecule is C[NH+](CC(=O)Nc1ccc(N2CCCC2)cc1)CC(=O)N1CCOCC1. The van der Waals surface area contributed by atoms with E-state index in [4.69, 9.17) is 4.74 Å². The van der Waals surface area contributed by atoms with Gasteiger partial charge in [0.15, 0.2) is 13.1 Å². The van der Waals surface area contributed by atoms with Crippen molar-refractivity contribution in [3.05, 3.63) is 24.3 Å². The first-order chi connectivity index (χ1) is 12.6. The van der Waals surface area contributed by atoms with Crippen LogP contribution >= 0.6 is 0 Å². The molecule has 1 atom stereocenters. The van der Waals surface area contributed by atoms with Crippen LogP contribution in [0, 0.1) is 0 Å². The number of hydrogen-bond donors (Lipinski definition) is 2. The Labute approximate surface area is 154 Å². The van der Waals surface area contributed by atoms with Gasteiger partial charge in [0, 0.05) is 37.6 Å². The van der Waals surface area contributed by atoms with Gasteiger partial charge in [-0.15, -0.1) is 0 Å². The number of nitrogens with zero attached hydrogens (tertiary/aromatic N) is 2. The smallest absolute Gasteiger partial charge is 0.279 e. The van der Waals surface area contributed by atoms with Gasteiger partial charge in [-0.3, -0.25) is 9.59 Å². The summed E-state index contributed by atoms with van der Waals surface area (Å²) in [6.07, 6.45) is 2.49. The number of anilines is 2. The molecule has 0 saturated carbocycles. The predicted molar refractivity (Wildman–Crippen MR) is 101 cm³/mol. The first kappa shape index (κ1) is 18.7. The highest BCUT2D eigenvalue weighted by atomic mass is 16.5. The van der Waals surface area contributed by atoms with E-state index in [0.717, 1.165) is 23.7 Å². The second-order valence-corrected chi connectivity index (χ2v) is 7.09. The van der Waals surface area contributed by atoms with Crippen LogP contribution in [0.15, 0.2) is 24.3 Å². The van der Waals surface area contributed by atoms with Crippen LogP contribution < -0.4 is 15.1 Å². The number of carbonyl (C=O) groups is 2. The summed E-state index contributed by atoms with van der Waals surface area (Å²) in [6.45, 7) is 5.28. The van der Waals surface area contributed by atoms with Crippen molar-refractivity contribution < 1.29 is 19.2 Å². The minimum atomic E-state index is -0.0776. The summed E-state index contributed by atoms with van der Waals surface area (Å²) >= 11 is 0. The number of morpholine rings is 1.